The SMILES string of the molecule is C=CCNc1cc(Nc2cccc(Br)c2)ncn1. The number of hydrogen-bond donors (Lipinski definition) is 2. The van der Waals surface area contributed by atoms with Crippen molar-refractivity contribution in [3.05, 3.63) is 53.8 Å². The monoisotopic (exact) mass is 304 g/mol. The van der Waals surface area contributed by atoms with Crippen LogP contribution in [0.2, 0.25) is 0 Å². The zero-order chi connectivity index (χ0) is 12.8. The molecule has 2 N–H and O–H groups in total. The smallest absolute Gasteiger partial charge is 0.135 e. The number of aromatic nitrogens is 2. The highest BCUT2D eigenvalue weighted by atomic mass is 79.9. The van der Waals surface area contributed by atoms with E-state index in [4.69, 9.17) is 0 Å². The average Bonchev–Trinajstić information content (AvgIpc) is 2.37. The molecule has 2 aromatic rings. The lowest BCUT2D eigenvalue weighted by atomic mass is 10.3. The molecule has 92 valence electrons. The second kappa shape index (κ2) is 6.16. The molecule has 1 heterocycles. The van der Waals surface area contributed by atoms with E-state index in [0.717, 1.165) is 21.8 Å². The molecule has 0 saturated heterocycles. The molecule has 0 fully saturated rings. The molecular formula is C13H13BrN4. The van der Waals surface area contributed by atoms with Crippen LogP contribution in [-0.4, -0.2) is 16.5 Å². The van der Waals surface area contributed by atoms with E-state index in [9.17, 15) is 0 Å². The lowest BCUT2D eigenvalue weighted by molar-refractivity contribution is 1.14. The van der Waals surface area contributed by atoms with Crippen LogP contribution in [0.15, 0.2) is 53.8 Å². The van der Waals surface area contributed by atoms with Gasteiger partial charge in [0.15, 0.2) is 0 Å². The standard InChI is InChI=1S/C13H13BrN4/c1-2-6-15-12-8-13(17-9-16-12)18-11-5-3-4-10(14)7-11/h2-5,7-9H,1,6H2,(H2,15,16,17,18). The molecule has 0 bridgehead atoms. The Kier molecular flexibility index (Phi) is 4.30. The molecule has 0 atom stereocenters. The first-order chi connectivity index (χ1) is 8.78. The fraction of sp³-hybridized carbons (Fsp3) is 0.0769. The quantitative estimate of drug-likeness (QED) is 0.829. The van der Waals surface area contributed by atoms with Crippen molar-refractivity contribution < 1.29 is 0 Å². The molecule has 0 saturated carbocycles. The first-order valence-electron chi connectivity index (χ1n) is 5.47. The maximum Gasteiger partial charge on any atom is 0.135 e. The van der Waals surface area contributed by atoms with Gasteiger partial charge in [0.2, 0.25) is 0 Å². The van der Waals surface area contributed by atoms with Gasteiger partial charge in [0.05, 0.1) is 0 Å². The Morgan fingerprint density at radius 1 is 1.22 bits per heavy atom. The number of halogens is 1. The zero-order valence-electron chi connectivity index (χ0n) is 9.73. The van der Waals surface area contributed by atoms with Gasteiger partial charge >= 0.3 is 0 Å². The van der Waals surface area contributed by atoms with Gasteiger partial charge in [0.25, 0.3) is 0 Å². The summed E-state index contributed by atoms with van der Waals surface area (Å²) in [6, 6.07) is 9.75. The lowest BCUT2D eigenvalue weighted by Gasteiger charge is -2.07. The van der Waals surface area contributed by atoms with Crippen molar-refractivity contribution in [3.8, 4) is 0 Å². The van der Waals surface area contributed by atoms with Crippen molar-refractivity contribution in [2.75, 3.05) is 17.2 Å². The number of rotatable bonds is 5. The summed E-state index contributed by atoms with van der Waals surface area (Å²) in [6.45, 7) is 4.32. The van der Waals surface area contributed by atoms with E-state index in [1.165, 1.54) is 6.33 Å². The Morgan fingerprint density at radius 2 is 2.06 bits per heavy atom. The normalized spacial score (nSPS) is 9.83. The molecule has 0 aliphatic rings. The van der Waals surface area contributed by atoms with Gasteiger partial charge in [-0.3, -0.25) is 0 Å². The predicted octanol–water partition coefficient (Wildman–Crippen LogP) is 3.58. The fourth-order valence-corrected chi connectivity index (χ4v) is 1.81. The van der Waals surface area contributed by atoms with E-state index in [1.54, 1.807) is 6.08 Å². The van der Waals surface area contributed by atoms with Gasteiger partial charge < -0.3 is 10.6 Å². The molecule has 1 aromatic heterocycles. The van der Waals surface area contributed by atoms with Crippen LogP contribution in [0, 0.1) is 0 Å². The highest BCUT2D eigenvalue weighted by Crippen LogP contribution is 2.19. The summed E-state index contributed by atoms with van der Waals surface area (Å²) < 4.78 is 1.02. The summed E-state index contributed by atoms with van der Waals surface area (Å²) in [5, 5.41) is 6.33. The van der Waals surface area contributed by atoms with Gasteiger partial charge in [-0.25, -0.2) is 9.97 Å². The van der Waals surface area contributed by atoms with E-state index >= 15 is 0 Å². The Hall–Kier alpha value is -1.88. The summed E-state index contributed by atoms with van der Waals surface area (Å²) in [4.78, 5) is 8.29. The number of hydrogen-bond acceptors (Lipinski definition) is 4. The maximum absolute atomic E-state index is 4.17. The van der Waals surface area contributed by atoms with Crippen molar-refractivity contribution >= 4 is 33.3 Å². The molecule has 0 spiro atoms. The Morgan fingerprint density at radius 3 is 2.83 bits per heavy atom. The van der Waals surface area contributed by atoms with E-state index < -0.39 is 0 Å². The summed E-state index contributed by atoms with van der Waals surface area (Å²) >= 11 is 3.43. The second-order valence-corrected chi connectivity index (χ2v) is 4.51. The van der Waals surface area contributed by atoms with Crippen LogP contribution < -0.4 is 10.6 Å². The molecular weight excluding hydrogens is 292 g/mol. The first kappa shape index (κ1) is 12.6. The molecule has 5 heteroatoms. The second-order valence-electron chi connectivity index (χ2n) is 3.59. The molecule has 0 amide bonds. The minimum atomic E-state index is 0.674. The number of benzene rings is 1. The van der Waals surface area contributed by atoms with Crippen LogP contribution in [0.1, 0.15) is 0 Å². The minimum Gasteiger partial charge on any atom is -0.366 e. The van der Waals surface area contributed by atoms with Crippen LogP contribution in [-0.2, 0) is 0 Å². The first-order valence-corrected chi connectivity index (χ1v) is 6.26. The third kappa shape index (κ3) is 3.56. The van der Waals surface area contributed by atoms with E-state index in [2.05, 4.69) is 43.1 Å². The number of nitrogens with zero attached hydrogens (tertiary/aromatic N) is 2. The van der Waals surface area contributed by atoms with Crippen LogP contribution in [0.25, 0.3) is 0 Å². The minimum absolute atomic E-state index is 0.674. The lowest BCUT2D eigenvalue weighted by Crippen LogP contribution is -2.02. The van der Waals surface area contributed by atoms with Gasteiger partial charge in [-0.05, 0) is 18.2 Å². The van der Waals surface area contributed by atoms with Crippen molar-refractivity contribution in [3.63, 3.8) is 0 Å². The predicted molar refractivity (Wildman–Crippen MR) is 78.1 cm³/mol. The third-order valence-electron chi connectivity index (χ3n) is 2.19. The van der Waals surface area contributed by atoms with Gasteiger partial charge in [-0.15, -0.1) is 6.58 Å². The molecule has 2 rings (SSSR count). The van der Waals surface area contributed by atoms with Crippen molar-refractivity contribution in [2.24, 2.45) is 0 Å². The molecule has 0 unspecified atom stereocenters. The summed E-state index contributed by atoms with van der Waals surface area (Å²) in [5.41, 5.74) is 0.970. The Labute approximate surface area is 114 Å². The van der Waals surface area contributed by atoms with Crippen molar-refractivity contribution in [1.29, 1.82) is 0 Å². The third-order valence-corrected chi connectivity index (χ3v) is 2.68. The van der Waals surface area contributed by atoms with Gasteiger partial charge in [0, 0.05) is 22.8 Å². The van der Waals surface area contributed by atoms with Gasteiger partial charge in [-0.2, -0.15) is 0 Å². The summed E-state index contributed by atoms with van der Waals surface area (Å²) in [6.07, 6.45) is 3.30. The van der Waals surface area contributed by atoms with E-state index in [-0.39, 0.29) is 0 Å². The van der Waals surface area contributed by atoms with Gasteiger partial charge in [0.1, 0.15) is 18.0 Å². The Bertz CT molecular complexity index is 542. The molecule has 1 aromatic carbocycles. The Balaban J connectivity index is 2.11. The van der Waals surface area contributed by atoms with E-state index in [1.807, 2.05) is 30.3 Å². The van der Waals surface area contributed by atoms with Crippen molar-refractivity contribution in [1.82, 2.24) is 9.97 Å². The van der Waals surface area contributed by atoms with Crippen LogP contribution in [0.4, 0.5) is 17.3 Å². The maximum atomic E-state index is 4.17. The molecule has 18 heavy (non-hydrogen) atoms. The average molecular weight is 305 g/mol. The zero-order valence-corrected chi connectivity index (χ0v) is 11.3. The topological polar surface area (TPSA) is 49.8 Å². The molecule has 4 nitrogen and oxygen atoms in total. The number of anilines is 3. The summed E-state index contributed by atoms with van der Waals surface area (Å²) in [7, 11) is 0. The summed E-state index contributed by atoms with van der Waals surface area (Å²) in [5.74, 6) is 1.51. The largest absolute Gasteiger partial charge is 0.366 e. The van der Waals surface area contributed by atoms with Crippen LogP contribution in [0.5, 0.6) is 0 Å². The van der Waals surface area contributed by atoms with Crippen LogP contribution >= 0.6 is 15.9 Å². The fourth-order valence-electron chi connectivity index (χ4n) is 1.41. The highest BCUT2D eigenvalue weighted by molar-refractivity contribution is 9.10. The highest BCUT2D eigenvalue weighted by Gasteiger charge is 1.99. The molecule has 0 radical (unpaired) electrons. The molecule has 0 aliphatic carbocycles. The number of nitrogens with one attached hydrogen (secondary N) is 2. The van der Waals surface area contributed by atoms with Crippen molar-refractivity contribution in [2.45, 2.75) is 0 Å². The molecule has 0 aliphatic heterocycles. The van der Waals surface area contributed by atoms with E-state index in [0.29, 0.717) is 6.54 Å². The van der Waals surface area contributed by atoms with Gasteiger partial charge in [-0.1, -0.05) is 28.1 Å². The van der Waals surface area contributed by atoms with Crippen LogP contribution in [0.3, 0.4) is 0 Å².